The number of aromatic nitrogens is 1. The number of nitrogens with zero attached hydrogens (tertiary/aromatic N) is 1. The van der Waals surface area contributed by atoms with Gasteiger partial charge >= 0.3 is 5.97 Å². The number of nitrogens with one attached hydrogen (secondary N) is 1. The Hall–Kier alpha value is -3.03. The highest BCUT2D eigenvalue weighted by atomic mass is 32.2. The molecule has 3 rings (SSSR count). The van der Waals surface area contributed by atoms with E-state index >= 15 is 0 Å². The monoisotopic (exact) mass is 480 g/mol. The summed E-state index contributed by atoms with van der Waals surface area (Å²) in [5, 5.41) is 1.91. The lowest BCUT2D eigenvalue weighted by molar-refractivity contribution is -0.134. The van der Waals surface area contributed by atoms with E-state index in [1.54, 1.807) is 18.3 Å². The van der Waals surface area contributed by atoms with Gasteiger partial charge in [-0.2, -0.15) is 0 Å². The summed E-state index contributed by atoms with van der Waals surface area (Å²) >= 11 is 0. The fourth-order valence-corrected chi connectivity index (χ4v) is 5.00. The van der Waals surface area contributed by atoms with Gasteiger partial charge in [0.05, 0.1) is 12.0 Å². The first-order chi connectivity index (χ1) is 16.5. The Balaban J connectivity index is 1.47. The number of ether oxygens (including phenoxy) is 1. The molecule has 0 spiro atoms. The van der Waals surface area contributed by atoms with E-state index in [0.29, 0.717) is 6.54 Å². The van der Waals surface area contributed by atoms with E-state index in [0.717, 1.165) is 49.3 Å². The molecule has 1 N–H and O–H groups in total. The molecule has 0 radical (unpaired) electrons. The van der Waals surface area contributed by atoms with Gasteiger partial charge in [0.15, 0.2) is 0 Å². The molecule has 0 saturated carbocycles. The van der Waals surface area contributed by atoms with Crippen LogP contribution in [-0.4, -0.2) is 33.0 Å². The highest BCUT2D eigenvalue weighted by Gasteiger charge is 2.14. The predicted molar refractivity (Wildman–Crippen MR) is 135 cm³/mol. The van der Waals surface area contributed by atoms with E-state index in [2.05, 4.69) is 15.8 Å². The molecule has 180 valence electrons. The number of hydrogen-bond acceptors (Lipinski definition) is 5. The van der Waals surface area contributed by atoms with Gasteiger partial charge in [-0.1, -0.05) is 48.9 Å². The summed E-state index contributed by atoms with van der Waals surface area (Å²) in [6.07, 6.45) is 12.3. The first-order valence-corrected chi connectivity index (χ1v) is 13.1. The smallest absolute Gasteiger partial charge is 0.330 e. The van der Waals surface area contributed by atoms with Gasteiger partial charge in [0.1, 0.15) is 0 Å². The number of allylic oxidation sites excluding steroid dienone is 1. The molecule has 1 unspecified atom stereocenters. The Bertz CT molecular complexity index is 1190. The van der Waals surface area contributed by atoms with Crippen LogP contribution in [0.2, 0.25) is 0 Å². The number of carbonyl (C=O) groups is 1. The summed E-state index contributed by atoms with van der Waals surface area (Å²) in [5.74, 6) is -0.131. The van der Waals surface area contributed by atoms with E-state index < -0.39 is 10.0 Å². The number of methoxy groups -OCH3 is 1. The van der Waals surface area contributed by atoms with Gasteiger partial charge in [-0.3, -0.25) is 4.98 Å². The Morgan fingerprint density at radius 1 is 1.03 bits per heavy atom. The van der Waals surface area contributed by atoms with Gasteiger partial charge in [0.25, 0.3) is 0 Å². The van der Waals surface area contributed by atoms with Crippen molar-refractivity contribution in [3.8, 4) is 0 Å². The van der Waals surface area contributed by atoms with Crippen molar-refractivity contribution in [1.29, 1.82) is 0 Å². The summed E-state index contributed by atoms with van der Waals surface area (Å²) in [4.78, 5) is 15.9. The molecule has 7 heteroatoms. The zero-order valence-electron chi connectivity index (χ0n) is 19.5. The van der Waals surface area contributed by atoms with Crippen LogP contribution in [0.15, 0.2) is 84.0 Å². The normalized spacial score (nSPS) is 12.7. The van der Waals surface area contributed by atoms with Crippen LogP contribution in [0.1, 0.15) is 37.7 Å². The van der Waals surface area contributed by atoms with Crippen molar-refractivity contribution in [2.45, 2.75) is 43.4 Å². The number of aryl methyl sites for hydroxylation is 1. The summed E-state index contributed by atoms with van der Waals surface area (Å²) in [6, 6.07) is 16.9. The molecule has 0 aliphatic rings. The minimum atomic E-state index is -3.55. The first kappa shape index (κ1) is 25.6. The summed E-state index contributed by atoms with van der Waals surface area (Å²) in [5.41, 5.74) is 1.20. The van der Waals surface area contributed by atoms with Crippen LogP contribution in [-0.2, 0) is 26.0 Å². The minimum absolute atomic E-state index is 0.230. The zero-order valence-corrected chi connectivity index (χ0v) is 20.3. The van der Waals surface area contributed by atoms with Gasteiger partial charge < -0.3 is 4.74 Å². The second-order valence-electron chi connectivity index (χ2n) is 8.30. The fourth-order valence-electron chi connectivity index (χ4n) is 3.89. The lowest BCUT2D eigenvalue weighted by Gasteiger charge is -2.13. The number of benzene rings is 2. The maximum absolute atomic E-state index is 12.7. The summed E-state index contributed by atoms with van der Waals surface area (Å²) < 4.78 is 32.8. The second-order valence-corrected chi connectivity index (χ2v) is 10.1. The zero-order chi connectivity index (χ0) is 24.2. The van der Waals surface area contributed by atoms with Crippen LogP contribution in [0.5, 0.6) is 0 Å². The van der Waals surface area contributed by atoms with Crippen LogP contribution >= 0.6 is 0 Å². The van der Waals surface area contributed by atoms with Gasteiger partial charge in [0.2, 0.25) is 10.0 Å². The second kappa shape index (κ2) is 13.0. The maximum atomic E-state index is 12.7. The Kier molecular flexibility index (Phi) is 9.79. The quantitative estimate of drug-likeness (QED) is 0.210. The topological polar surface area (TPSA) is 85.4 Å². The largest absolute Gasteiger partial charge is 0.466 e. The predicted octanol–water partition coefficient (Wildman–Crippen LogP) is 5.05. The number of sulfonamides is 1. The van der Waals surface area contributed by atoms with Crippen LogP contribution in [0.4, 0.5) is 0 Å². The Morgan fingerprint density at radius 3 is 2.59 bits per heavy atom. The highest BCUT2D eigenvalue weighted by molar-refractivity contribution is 7.89. The summed E-state index contributed by atoms with van der Waals surface area (Å²) in [7, 11) is -2.19. The first-order valence-electron chi connectivity index (χ1n) is 11.6. The van der Waals surface area contributed by atoms with E-state index in [9.17, 15) is 13.2 Å². The molecule has 0 aliphatic carbocycles. The number of pyridine rings is 1. The van der Waals surface area contributed by atoms with E-state index in [4.69, 9.17) is 4.74 Å². The van der Waals surface area contributed by atoms with E-state index in [1.165, 1.54) is 18.7 Å². The minimum Gasteiger partial charge on any atom is -0.466 e. The molecule has 1 heterocycles. The highest BCUT2D eigenvalue weighted by Crippen LogP contribution is 2.20. The molecule has 0 aliphatic heterocycles. The molecular weight excluding hydrogens is 448 g/mol. The third kappa shape index (κ3) is 8.08. The van der Waals surface area contributed by atoms with Crippen molar-refractivity contribution < 1.29 is 17.9 Å². The Labute approximate surface area is 202 Å². The number of unbranched alkanes of at least 4 members (excludes halogenated alkanes) is 1. The van der Waals surface area contributed by atoms with Crippen molar-refractivity contribution in [2.24, 2.45) is 5.92 Å². The number of carbonyl (C=O) groups excluding carboxylic acids is 1. The SMILES string of the molecule is COC(=O)/C=C/C(CCCCNS(=O)(=O)c1ccc2ccccc2c1)CCCc1cccnc1. The molecule has 3 aromatic rings. The molecule has 0 bridgehead atoms. The molecule has 0 fully saturated rings. The standard InChI is InChI=1S/C27H32N2O4S/c1-33-27(30)17-14-22(9-6-10-23-11-7-18-28-21-23)8-4-5-19-29-34(31,32)26-16-15-24-12-2-3-13-25(24)20-26/h2-3,7,11-18,20-22,29H,4-6,8-10,19H2,1H3/b17-14+. The third-order valence-corrected chi connectivity index (χ3v) is 7.25. The van der Waals surface area contributed by atoms with Crippen LogP contribution < -0.4 is 4.72 Å². The molecule has 1 atom stereocenters. The molecule has 0 saturated heterocycles. The molecule has 6 nitrogen and oxygen atoms in total. The third-order valence-electron chi connectivity index (χ3n) is 5.79. The van der Waals surface area contributed by atoms with Crippen molar-refractivity contribution in [1.82, 2.24) is 9.71 Å². The molecular formula is C27H32N2O4S. The number of esters is 1. The van der Waals surface area contributed by atoms with Crippen LogP contribution in [0, 0.1) is 5.92 Å². The average molecular weight is 481 g/mol. The number of fused-ring (bicyclic) bond motifs is 1. The number of rotatable bonds is 13. The number of hydrogen-bond donors (Lipinski definition) is 1. The van der Waals surface area contributed by atoms with Gasteiger partial charge in [-0.15, -0.1) is 0 Å². The van der Waals surface area contributed by atoms with Crippen molar-refractivity contribution in [2.75, 3.05) is 13.7 Å². The van der Waals surface area contributed by atoms with E-state index in [-0.39, 0.29) is 16.8 Å². The molecule has 0 amide bonds. The molecule has 1 aromatic heterocycles. The average Bonchev–Trinajstić information content (AvgIpc) is 2.86. The van der Waals surface area contributed by atoms with Crippen molar-refractivity contribution >= 4 is 26.8 Å². The van der Waals surface area contributed by atoms with Crippen molar-refractivity contribution in [3.63, 3.8) is 0 Å². The van der Waals surface area contributed by atoms with Gasteiger partial charge in [-0.25, -0.2) is 17.9 Å². The molecule has 2 aromatic carbocycles. The van der Waals surface area contributed by atoms with Gasteiger partial charge in [0, 0.05) is 25.0 Å². The van der Waals surface area contributed by atoms with Crippen LogP contribution in [0.3, 0.4) is 0 Å². The fraction of sp³-hybridized carbons (Fsp3) is 0.333. The lowest BCUT2D eigenvalue weighted by Crippen LogP contribution is -2.24. The van der Waals surface area contributed by atoms with Crippen molar-refractivity contribution in [3.05, 3.63) is 84.7 Å². The van der Waals surface area contributed by atoms with Gasteiger partial charge in [-0.05, 0) is 72.6 Å². The Morgan fingerprint density at radius 2 is 1.82 bits per heavy atom. The van der Waals surface area contributed by atoms with Crippen LogP contribution in [0.25, 0.3) is 10.8 Å². The van der Waals surface area contributed by atoms with E-state index in [1.807, 2.05) is 48.7 Å². The molecule has 34 heavy (non-hydrogen) atoms. The summed E-state index contributed by atoms with van der Waals surface area (Å²) in [6.45, 7) is 0.373. The maximum Gasteiger partial charge on any atom is 0.330 e. The lowest BCUT2D eigenvalue weighted by atomic mass is 9.94.